The Labute approximate surface area is 95.2 Å². The van der Waals surface area contributed by atoms with Gasteiger partial charge in [-0.05, 0) is 17.9 Å². The largest absolute Gasteiger partial charge is 0.299 e. The Bertz CT molecular complexity index is 487. The molecule has 0 amide bonds. The van der Waals surface area contributed by atoms with E-state index in [0.29, 0.717) is 23.5 Å². The third-order valence-corrected chi connectivity index (χ3v) is 4.90. The van der Waals surface area contributed by atoms with Crippen molar-refractivity contribution in [3.8, 4) is 0 Å². The lowest BCUT2D eigenvalue weighted by atomic mass is 9.41. The first-order valence-corrected chi connectivity index (χ1v) is 6.10. The van der Waals surface area contributed by atoms with Gasteiger partial charge in [-0.3, -0.25) is 4.79 Å². The number of hydrogen-bond donors (Lipinski definition) is 0. The number of ketones is 1. The van der Waals surface area contributed by atoms with Crippen LogP contribution >= 0.6 is 0 Å². The van der Waals surface area contributed by atoms with Gasteiger partial charge in [0.25, 0.3) is 0 Å². The fourth-order valence-electron chi connectivity index (χ4n) is 4.12. The van der Waals surface area contributed by atoms with E-state index in [1.807, 2.05) is 6.07 Å². The zero-order chi connectivity index (χ0) is 10.8. The van der Waals surface area contributed by atoms with Gasteiger partial charge in [0.05, 0.1) is 0 Å². The monoisotopic (exact) mass is 210 g/mol. The SMILES string of the molecule is O=C1CCC23C=C[C@H]2[C@@H](c2ccccc2)[C@H]13. The number of hydrogen-bond acceptors (Lipinski definition) is 1. The van der Waals surface area contributed by atoms with Crippen molar-refractivity contribution in [1.29, 1.82) is 0 Å². The highest BCUT2D eigenvalue weighted by atomic mass is 16.1. The van der Waals surface area contributed by atoms with Gasteiger partial charge in [0, 0.05) is 23.7 Å². The molecule has 16 heavy (non-hydrogen) atoms. The molecule has 3 aliphatic carbocycles. The first-order valence-electron chi connectivity index (χ1n) is 6.10. The minimum Gasteiger partial charge on any atom is -0.299 e. The summed E-state index contributed by atoms with van der Waals surface area (Å²) < 4.78 is 0. The van der Waals surface area contributed by atoms with E-state index in [0.717, 1.165) is 12.8 Å². The molecule has 0 saturated heterocycles. The number of allylic oxidation sites excluding steroid dienone is 2. The maximum absolute atomic E-state index is 12.0. The number of benzene rings is 1. The summed E-state index contributed by atoms with van der Waals surface area (Å²) in [5.41, 5.74) is 1.64. The summed E-state index contributed by atoms with van der Waals surface area (Å²) in [7, 11) is 0. The van der Waals surface area contributed by atoms with Crippen molar-refractivity contribution >= 4 is 5.78 Å². The van der Waals surface area contributed by atoms with Gasteiger partial charge in [-0.1, -0.05) is 42.5 Å². The second-order valence-corrected chi connectivity index (χ2v) is 5.38. The van der Waals surface area contributed by atoms with Crippen molar-refractivity contribution in [1.82, 2.24) is 0 Å². The fraction of sp³-hybridized carbons (Fsp3) is 0.400. The second kappa shape index (κ2) is 2.65. The molecule has 3 aliphatic rings. The lowest BCUT2D eigenvalue weighted by Gasteiger charge is -2.61. The summed E-state index contributed by atoms with van der Waals surface area (Å²) in [6, 6.07) is 10.6. The highest BCUT2D eigenvalue weighted by Gasteiger charge is 2.68. The summed E-state index contributed by atoms with van der Waals surface area (Å²) >= 11 is 0. The Morgan fingerprint density at radius 1 is 1.19 bits per heavy atom. The highest BCUT2D eigenvalue weighted by molar-refractivity contribution is 5.88. The molecule has 80 valence electrons. The van der Waals surface area contributed by atoms with Crippen LogP contribution in [0.1, 0.15) is 24.3 Å². The Balaban J connectivity index is 1.78. The van der Waals surface area contributed by atoms with Crippen LogP contribution in [-0.2, 0) is 4.79 Å². The molecule has 4 rings (SSSR count). The first kappa shape index (κ1) is 8.74. The molecule has 0 aliphatic heterocycles. The van der Waals surface area contributed by atoms with Crippen molar-refractivity contribution in [2.75, 3.05) is 0 Å². The Kier molecular flexibility index (Phi) is 1.45. The minimum atomic E-state index is 0.289. The van der Waals surface area contributed by atoms with Gasteiger partial charge in [-0.2, -0.15) is 0 Å². The second-order valence-electron chi connectivity index (χ2n) is 5.38. The van der Waals surface area contributed by atoms with E-state index in [9.17, 15) is 4.79 Å². The Morgan fingerprint density at radius 3 is 2.69 bits per heavy atom. The van der Waals surface area contributed by atoms with Crippen LogP contribution in [0.5, 0.6) is 0 Å². The van der Waals surface area contributed by atoms with E-state index in [1.54, 1.807) is 0 Å². The van der Waals surface area contributed by atoms with Gasteiger partial charge in [0.1, 0.15) is 5.78 Å². The van der Waals surface area contributed by atoms with Gasteiger partial charge in [-0.25, -0.2) is 0 Å². The lowest BCUT2D eigenvalue weighted by Crippen LogP contribution is -2.56. The van der Waals surface area contributed by atoms with Crippen LogP contribution in [0.2, 0.25) is 0 Å². The summed E-state index contributed by atoms with van der Waals surface area (Å²) in [4.78, 5) is 12.0. The number of carbonyl (C=O) groups is 1. The van der Waals surface area contributed by atoms with Crippen molar-refractivity contribution in [2.45, 2.75) is 18.8 Å². The predicted octanol–water partition coefficient (Wildman–Crippen LogP) is 2.94. The van der Waals surface area contributed by atoms with Crippen LogP contribution in [-0.4, -0.2) is 5.78 Å². The van der Waals surface area contributed by atoms with Gasteiger partial charge in [0.2, 0.25) is 0 Å². The molecule has 0 bridgehead atoms. The predicted molar refractivity (Wildman–Crippen MR) is 62.0 cm³/mol. The van der Waals surface area contributed by atoms with Crippen molar-refractivity contribution in [3.05, 3.63) is 48.0 Å². The molecule has 2 saturated carbocycles. The topological polar surface area (TPSA) is 17.1 Å². The molecule has 1 aromatic carbocycles. The third kappa shape index (κ3) is 0.786. The zero-order valence-electron chi connectivity index (χ0n) is 9.10. The summed E-state index contributed by atoms with van der Waals surface area (Å²) in [5.74, 6) is 1.91. The van der Waals surface area contributed by atoms with Gasteiger partial charge < -0.3 is 0 Å². The zero-order valence-corrected chi connectivity index (χ0v) is 9.10. The van der Waals surface area contributed by atoms with Crippen molar-refractivity contribution < 1.29 is 4.79 Å². The molecule has 0 aromatic heterocycles. The highest BCUT2D eigenvalue weighted by Crippen LogP contribution is 2.72. The average Bonchev–Trinajstić information content (AvgIpc) is 2.63. The quantitative estimate of drug-likeness (QED) is 0.651. The van der Waals surface area contributed by atoms with Crippen LogP contribution in [0.3, 0.4) is 0 Å². The minimum absolute atomic E-state index is 0.289. The normalized spacial score (nSPS) is 43.2. The summed E-state index contributed by atoms with van der Waals surface area (Å²) in [5, 5.41) is 0. The molecule has 2 fully saturated rings. The van der Waals surface area contributed by atoms with Gasteiger partial charge in [-0.15, -0.1) is 0 Å². The van der Waals surface area contributed by atoms with Crippen molar-refractivity contribution in [2.24, 2.45) is 17.3 Å². The third-order valence-electron chi connectivity index (χ3n) is 4.90. The number of Topliss-reactive ketones (excluding diaryl/α,β-unsaturated/α-hetero) is 1. The van der Waals surface area contributed by atoms with Crippen molar-refractivity contribution in [3.63, 3.8) is 0 Å². The number of rotatable bonds is 1. The van der Waals surface area contributed by atoms with E-state index in [-0.39, 0.29) is 5.41 Å². The smallest absolute Gasteiger partial charge is 0.137 e. The number of carbonyl (C=O) groups excluding carboxylic acids is 1. The molecule has 1 spiro atoms. The molecule has 0 N–H and O–H groups in total. The molecule has 1 aromatic rings. The fourth-order valence-corrected chi connectivity index (χ4v) is 4.12. The van der Waals surface area contributed by atoms with E-state index >= 15 is 0 Å². The van der Waals surface area contributed by atoms with Crippen LogP contribution in [0.15, 0.2) is 42.5 Å². The van der Waals surface area contributed by atoms with Crippen LogP contribution in [0, 0.1) is 17.3 Å². The van der Waals surface area contributed by atoms with Crippen LogP contribution < -0.4 is 0 Å². The van der Waals surface area contributed by atoms with Crippen LogP contribution in [0.25, 0.3) is 0 Å². The maximum atomic E-state index is 12.0. The molecule has 1 nitrogen and oxygen atoms in total. The molecule has 1 unspecified atom stereocenters. The molecular weight excluding hydrogens is 196 g/mol. The molecular formula is C15H14O. The molecule has 4 atom stereocenters. The van der Waals surface area contributed by atoms with E-state index < -0.39 is 0 Å². The standard InChI is InChI=1S/C15H14O/c16-12-7-9-15-8-6-11(15)13(14(12)15)10-4-2-1-3-5-10/h1-6,8,11,13-14H,7,9H2/t11-,13+,14-,15?/m0/s1. The lowest BCUT2D eigenvalue weighted by molar-refractivity contribution is -0.130. The summed E-state index contributed by atoms with van der Waals surface area (Å²) in [6.07, 6.45) is 6.51. The Morgan fingerprint density at radius 2 is 2.00 bits per heavy atom. The average molecular weight is 210 g/mol. The van der Waals surface area contributed by atoms with E-state index in [1.165, 1.54) is 5.56 Å². The van der Waals surface area contributed by atoms with Gasteiger partial charge >= 0.3 is 0 Å². The van der Waals surface area contributed by atoms with E-state index in [4.69, 9.17) is 0 Å². The molecule has 0 radical (unpaired) electrons. The van der Waals surface area contributed by atoms with Crippen LogP contribution in [0.4, 0.5) is 0 Å². The van der Waals surface area contributed by atoms with E-state index in [2.05, 4.69) is 36.4 Å². The molecule has 1 heteroatoms. The van der Waals surface area contributed by atoms with Gasteiger partial charge in [0.15, 0.2) is 0 Å². The maximum Gasteiger partial charge on any atom is 0.137 e. The molecule has 0 heterocycles. The Hall–Kier alpha value is -1.37. The summed E-state index contributed by atoms with van der Waals surface area (Å²) in [6.45, 7) is 0. The first-order chi connectivity index (χ1) is 7.83.